The van der Waals surface area contributed by atoms with Crippen molar-refractivity contribution >= 4 is 15.9 Å². The molecule has 0 fully saturated rings. The summed E-state index contributed by atoms with van der Waals surface area (Å²) in [6.45, 7) is 9.49. The fourth-order valence-corrected chi connectivity index (χ4v) is 1.41. The maximum absolute atomic E-state index is 5.46. The van der Waals surface area contributed by atoms with Crippen LogP contribution < -0.4 is 0 Å². The molecule has 0 aliphatic heterocycles. The first-order valence-corrected chi connectivity index (χ1v) is 5.31. The molecule has 0 aromatic rings. The number of alkyl halides is 1. The van der Waals surface area contributed by atoms with Crippen molar-refractivity contribution in [2.45, 2.75) is 40.2 Å². The van der Waals surface area contributed by atoms with Crippen LogP contribution in [-0.2, 0) is 4.74 Å². The van der Waals surface area contributed by atoms with Crippen LogP contribution in [0.5, 0.6) is 0 Å². The van der Waals surface area contributed by atoms with Gasteiger partial charge in [-0.1, -0.05) is 29.8 Å². The van der Waals surface area contributed by atoms with Crippen LogP contribution in [0.2, 0.25) is 0 Å². The van der Waals surface area contributed by atoms with E-state index < -0.39 is 0 Å². The van der Waals surface area contributed by atoms with Gasteiger partial charge in [-0.15, -0.1) is 0 Å². The van der Waals surface area contributed by atoms with Crippen LogP contribution in [0.3, 0.4) is 0 Å². The molecule has 0 aromatic carbocycles. The fourth-order valence-electron chi connectivity index (χ4n) is 1.18. The van der Waals surface area contributed by atoms with Crippen molar-refractivity contribution in [3.63, 3.8) is 0 Å². The molecule has 68 valence electrons. The van der Waals surface area contributed by atoms with Crippen LogP contribution in [-0.4, -0.2) is 18.0 Å². The SMILES string of the molecule is CCOC(C)CC(C)(C)CBr. The van der Waals surface area contributed by atoms with Crippen molar-refractivity contribution in [1.82, 2.24) is 0 Å². The van der Waals surface area contributed by atoms with E-state index in [1.54, 1.807) is 0 Å². The second-order valence-electron chi connectivity index (χ2n) is 3.77. The molecule has 1 nitrogen and oxygen atoms in total. The average molecular weight is 223 g/mol. The zero-order chi connectivity index (χ0) is 8.91. The molecule has 0 aromatic heterocycles. The molecular weight excluding hydrogens is 204 g/mol. The topological polar surface area (TPSA) is 9.23 Å². The molecule has 0 heterocycles. The van der Waals surface area contributed by atoms with Crippen molar-refractivity contribution in [1.29, 1.82) is 0 Å². The first kappa shape index (κ1) is 11.4. The Morgan fingerprint density at radius 1 is 1.45 bits per heavy atom. The van der Waals surface area contributed by atoms with Gasteiger partial charge in [0, 0.05) is 11.9 Å². The standard InChI is InChI=1S/C9H19BrO/c1-5-11-8(2)6-9(3,4)7-10/h8H,5-7H2,1-4H3. The quantitative estimate of drug-likeness (QED) is 0.650. The number of ether oxygens (including phenoxy) is 1. The smallest absolute Gasteiger partial charge is 0.0552 e. The van der Waals surface area contributed by atoms with Crippen LogP contribution in [0.25, 0.3) is 0 Å². The molecule has 0 spiro atoms. The zero-order valence-electron chi connectivity index (χ0n) is 7.98. The minimum Gasteiger partial charge on any atom is -0.379 e. The maximum atomic E-state index is 5.46. The molecule has 0 radical (unpaired) electrons. The highest BCUT2D eigenvalue weighted by Crippen LogP contribution is 2.25. The lowest BCUT2D eigenvalue weighted by atomic mass is 9.90. The monoisotopic (exact) mass is 222 g/mol. The lowest BCUT2D eigenvalue weighted by Crippen LogP contribution is -2.22. The first-order chi connectivity index (χ1) is 5.02. The highest BCUT2D eigenvalue weighted by atomic mass is 79.9. The van der Waals surface area contributed by atoms with Crippen LogP contribution >= 0.6 is 15.9 Å². The van der Waals surface area contributed by atoms with Crippen molar-refractivity contribution in [2.75, 3.05) is 11.9 Å². The van der Waals surface area contributed by atoms with Gasteiger partial charge in [-0.05, 0) is 25.7 Å². The Hall–Kier alpha value is 0.440. The molecule has 0 rings (SSSR count). The summed E-state index contributed by atoms with van der Waals surface area (Å²) in [5.41, 5.74) is 0.356. The summed E-state index contributed by atoms with van der Waals surface area (Å²) in [6, 6.07) is 0. The molecule has 0 N–H and O–H groups in total. The normalized spacial score (nSPS) is 15.0. The highest BCUT2D eigenvalue weighted by molar-refractivity contribution is 9.09. The zero-order valence-corrected chi connectivity index (χ0v) is 9.57. The molecule has 0 amide bonds. The van der Waals surface area contributed by atoms with Gasteiger partial charge in [0.2, 0.25) is 0 Å². The van der Waals surface area contributed by atoms with Gasteiger partial charge in [0.15, 0.2) is 0 Å². The Kier molecular flexibility index (Phi) is 5.36. The molecule has 0 saturated heterocycles. The lowest BCUT2D eigenvalue weighted by molar-refractivity contribution is 0.0478. The second kappa shape index (κ2) is 5.15. The van der Waals surface area contributed by atoms with Gasteiger partial charge >= 0.3 is 0 Å². The van der Waals surface area contributed by atoms with E-state index in [2.05, 4.69) is 36.7 Å². The minimum absolute atomic E-state index is 0.356. The summed E-state index contributed by atoms with van der Waals surface area (Å²) >= 11 is 3.49. The summed E-state index contributed by atoms with van der Waals surface area (Å²) in [5, 5.41) is 1.04. The van der Waals surface area contributed by atoms with Crippen LogP contribution in [0.1, 0.15) is 34.1 Å². The summed E-state index contributed by atoms with van der Waals surface area (Å²) in [5.74, 6) is 0. The van der Waals surface area contributed by atoms with Crippen molar-refractivity contribution in [2.24, 2.45) is 5.41 Å². The number of hydrogen-bond acceptors (Lipinski definition) is 1. The Balaban J connectivity index is 3.64. The molecule has 0 aliphatic carbocycles. The van der Waals surface area contributed by atoms with E-state index in [1.165, 1.54) is 0 Å². The summed E-state index contributed by atoms with van der Waals surface area (Å²) in [7, 11) is 0. The van der Waals surface area contributed by atoms with E-state index in [1.807, 2.05) is 6.92 Å². The van der Waals surface area contributed by atoms with Crippen LogP contribution in [0.4, 0.5) is 0 Å². The Morgan fingerprint density at radius 2 is 2.00 bits per heavy atom. The van der Waals surface area contributed by atoms with E-state index >= 15 is 0 Å². The molecular formula is C9H19BrO. The molecule has 2 heteroatoms. The van der Waals surface area contributed by atoms with Gasteiger partial charge in [0.1, 0.15) is 0 Å². The van der Waals surface area contributed by atoms with E-state index in [9.17, 15) is 0 Å². The van der Waals surface area contributed by atoms with Gasteiger partial charge in [0.25, 0.3) is 0 Å². The summed E-state index contributed by atoms with van der Waals surface area (Å²) in [4.78, 5) is 0. The fraction of sp³-hybridized carbons (Fsp3) is 1.00. The lowest BCUT2D eigenvalue weighted by Gasteiger charge is -2.25. The second-order valence-corrected chi connectivity index (χ2v) is 4.33. The highest BCUT2D eigenvalue weighted by Gasteiger charge is 2.19. The summed E-state index contributed by atoms with van der Waals surface area (Å²) < 4.78 is 5.46. The molecule has 1 unspecified atom stereocenters. The average Bonchev–Trinajstić information content (AvgIpc) is 1.87. The number of hydrogen-bond donors (Lipinski definition) is 0. The van der Waals surface area contributed by atoms with Gasteiger partial charge in [-0.2, -0.15) is 0 Å². The van der Waals surface area contributed by atoms with Crippen molar-refractivity contribution in [3.8, 4) is 0 Å². The van der Waals surface area contributed by atoms with Gasteiger partial charge in [-0.25, -0.2) is 0 Å². The predicted molar refractivity (Wildman–Crippen MR) is 53.3 cm³/mol. The predicted octanol–water partition coefficient (Wildman–Crippen LogP) is 3.22. The largest absolute Gasteiger partial charge is 0.379 e. The maximum Gasteiger partial charge on any atom is 0.0552 e. The van der Waals surface area contributed by atoms with Crippen molar-refractivity contribution in [3.05, 3.63) is 0 Å². The third kappa shape index (κ3) is 5.68. The molecule has 0 aliphatic rings. The van der Waals surface area contributed by atoms with Crippen LogP contribution in [0.15, 0.2) is 0 Å². The Labute approximate surface area is 78.6 Å². The van der Waals surface area contributed by atoms with Crippen LogP contribution in [0, 0.1) is 5.41 Å². The van der Waals surface area contributed by atoms with E-state index in [0.29, 0.717) is 11.5 Å². The number of rotatable bonds is 5. The summed E-state index contributed by atoms with van der Waals surface area (Å²) in [6.07, 6.45) is 1.50. The van der Waals surface area contributed by atoms with E-state index in [0.717, 1.165) is 18.4 Å². The van der Waals surface area contributed by atoms with Gasteiger partial charge in [0.05, 0.1) is 6.10 Å². The van der Waals surface area contributed by atoms with E-state index in [-0.39, 0.29) is 0 Å². The Bertz CT molecular complexity index is 102. The Morgan fingerprint density at radius 3 is 2.36 bits per heavy atom. The third-order valence-corrected chi connectivity index (χ3v) is 3.17. The molecule has 0 bridgehead atoms. The molecule has 11 heavy (non-hydrogen) atoms. The first-order valence-electron chi connectivity index (χ1n) is 4.19. The van der Waals surface area contributed by atoms with E-state index in [4.69, 9.17) is 4.74 Å². The molecule has 0 saturated carbocycles. The minimum atomic E-state index is 0.356. The van der Waals surface area contributed by atoms with Gasteiger partial charge < -0.3 is 4.74 Å². The third-order valence-electron chi connectivity index (χ3n) is 1.65. The molecule has 1 atom stereocenters. The van der Waals surface area contributed by atoms with Gasteiger partial charge in [-0.3, -0.25) is 0 Å². The number of halogens is 1. The van der Waals surface area contributed by atoms with Crippen molar-refractivity contribution < 1.29 is 4.74 Å².